The number of alkyl halides is 3. The van der Waals surface area contributed by atoms with Crippen molar-refractivity contribution in [2.75, 3.05) is 6.54 Å². The summed E-state index contributed by atoms with van der Waals surface area (Å²) in [6, 6.07) is 13.7. The number of nitrogens with one attached hydrogen (secondary N) is 1. The Balaban J connectivity index is 1.39. The summed E-state index contributed by atoms with van der Waals surface area (Å²) in [6.07, 6.45) is -1.77. The van der Waals surface area contributed by atoms with Gasteiger partial charge in [0.15, 0.2) is 0 Å². The van der Waals surface area contributed by atoms with Crippen LogP contribution in [0.3, 0.4) is 0 Å². The Morgan fingerprint density at radius 3 is 2.42 bits per heavy atom. The quantitative estimate of drug-likeness (QED) is 0.713. The lowest BCUT2D eigenvalue weighted by Gasteiger charge is -2.34. The summed E-state index contributed by atoms with van der Waals surface area (Å²) >= 11 is 0. The molecule has 9 heteroatoms. The van der Waals surface area contributed by atoms with Gasteiger partial charge in [0, 0.05) is 6.54 Å². The molecule has 1 N–H and O–H groups in total. The zero-order valence-corrected chi connectivity index (χ0v) is 19.1. The smallest absolute Gasteiger partial charge is 0.404 e. The molecule has 1 unspecified atom stereocenters. The van der Waals surface area contributed by atoms with Gasteiger partial charge in [-0.3, -0.25) is 0 Å². The van der Waals surface area contributed by atoms with Crippen molar-refractivity contribution in [3.63, 3.8) is 0 Å². The molecule has 2 aromatic rings. The lowest BCUT2D eigenvalue weighted by Crippen LogP contribution is -2.52. The van der Waals surface area contributed by atoms with Gasteiger partial charge in [0.25, 0.3) is 10.2 Å². The normalized spacial score (nSPS) is 29.6. The Hall–Kier alpha value is -2.10. The molecule has 2 aromatic carbocycles. The number of ether oxygens (including phenoxy) is 1. The molecule has 178 valence electrons. The van der Waals surface area contributed by atoms with Gasteiger partial charge in [0.1, 0.15) is 18.4 Å². The van der Waals surface area contributed by atoms with Crippen molar-refractivity contribution < 1.29 is 26.3 Å². The van der Waals surface area contributed by atoms with Crippen LogP contribution < -0.4 is 9.46 Å². The Kier molecular flexibility index (Phi) is 5.49. The van der Waals surface area contributed by atoms with Crippen molar-refractivity contribution in [1.82, 2.24) is 9.03 Å². The second-order valence-electron chi connectivity index (χ2n) is 9.49. The third kappa shape index (κ3) is 4.04. The molecular weight excluding hydrogens is 453 g/mol. The predicted molar refractivity (Wildman–Crippen MR) is 118 cm³/mol. The van der Waals surface area contributed by atoms with Crippen LogP contribution >= 0.6 is 0 Å². The third-order valence-electron chi connectivity index (χ3n) is 7.63. The standard InChI is InChI=1S/C24H27F3N2O3S/c1-16(24(25,26)27)29-15-23(28-33(29,30)31)20-8-9-21(23)12-19-13-22(10-7-18(19)11-20)32-14-17-5-3-2-4-6-17/h2-7,10,13,16,20-21,28H,8-9,11-12,14-15H2,1H3/t16?,20-,21+,23-/m1/s1. The van der Waals surface area contributed by atoms with E-state index in [9.17, 15) is 21.6 Å². The molecule has 0 radical (unpaired) electrons. The zero-order chi connectivity index (χ0) is 23.4. The van der Waals surface area contributed by atoms with Gasteiger partial charge in [0.2, 0.25) is 0 Å². The van der Waals surface area contributed by atoms with Crippen LogP contribution in [-0.4, -0.2) is 37.0 Å². The summed E-state index contributed by atoms with van der Waals surface area (Å²) in [5.41, 5.74) is 2.40. The van der Waals surface area contributed by atoms with Gasteiger partial charge in [-0.15, -0.1) is 0 Å². The molecule has 3 aliphatic rings. The summed E-state index contributed by atoms with van der Waals surface area (Å²) in [5, 5.41) is 0. The van der Waals surface area contributed by atoms with Crippen molar-refractivity contribution in [1.29, 1.82) is 0 Å². The highest BCUT2D eigenvalue weighted by atomic mass is 32.2. The highest BCUT2D eigenvalue weighted by molar-refractivity contribution is 7.87. The summed E-state index contributed by atoms with van der Waals surface area (Å²) < 4.78 is 75.1. The first kappa shape index (κ1) is 22.7. The number of hydrogen-bond acceptors (Lipinski definition) is 3. The summed E-state index contributed by atoms with van der Waals surface area (Å²) in [7, 11) is -4.22. The topological polar surface area (TPSA) is 58.6 Å². The number of rotatable bonds is 4. The largest absolute Gasteiger partial charge is 0.489 e. The summed E-state index contributed by atoms with van der Waals surface area (Å²) in [5.74, 6) is 0.636. The molecule has 5 nitrogen and oxygen atoms in total. The predicted octanol–water partition coefficient (Wildman–Crippen LogP) is 4.23. The van der Waals surface area contributed by atoms with Gasteiger partial charge in [-0.2, -0.15) is 30.6 Å². The molecule has 1 saturated heterocycles. The molecule has 1 saturated carbocycles. The van der Waals surface area contributed by atoms with Gasteiger partial charge in [-0.05, 0) is 73.3 Å². The number of nitrogens with zero attached hydrogens (tertiary/aromatic N) is 1. The Bertz CT molecular complexity index is 1140. The molecule has 1 aliphatic heterocycles. The molecule has 1 spiro atoms. The monoisotopic (exact) mass is 480 g/mol. The Labute approximate surface area is 192 Å². The molecule has 2 bridgehead atoms. The van der Waals surface area contributed by atoms with E-state index in [4.69, 9.17) is 4.74 Å². The first-order valence-corrected chi connectivity index (χ1v) is 12.7. The molecule has 2 fully saturated rings. The molecule has 4 atom stereocenters. The Morgan fingerprint density at radius 2 is 1.76 bits per heavy atom. The molecule has 5 rings (SSSR count). The first-order chi connectivity index (χ1) is 15.6. The van der Waals surface area contributed by atoms with Crippen LogP contribution in [0.1, 0.15) is 36.5 Å². The van der Waals surface area contributed by atoms with Crippen LogP contribution in [0, 0.1) is 11.8 Å². The number of fused-ring (bicyclic) bond motifs is 1. The van der Waals surface area contributed by atoms with Gasteiger partial charge < -0.3 is 4.74 Å². The maximum absolute atomic E-state index is 13.4. The zero-order valence-electron chi connectivity index (χ0n) is 18.3. The fraction of sp³-hybridized carbons (Fsp3) is 0.500. The number of halogens is 3. The van der Waals surface area contributed by atoms with E-state index in [-0.39, 0.29) is 18.4 Å². The van der Waals surface area contributed by atoms with E-state index in [1.54, 1.807) is 0 Å². The van der Waals surface area contributed by atoms with E-state index in [1.807, 2.05) is 48.5 Å². The SMILES string of the molecule is CC(N1C[C@@]2(NS1(=O)=O)[C@@H]1CC[C@H]2Cc2cc(OCc3ccccc3)ccc2C1)C(F)(F)F. The van der Waals surface area contributed by atoms with E-state index < -0.39 is 28.0 Å². The number of benzene rings is 2. The van der Waals surface area contributed by atoms with Crippen molar-refractivity contribution in [2.45, 2.75) is 57.0 Å². The fourth-order valence-electron chi connectivity index (χ4n) is 5.78. The molecule has 1 heterocycles. The lowest BCUT2D eigenvalue weighted by atomic mass is 9.79. The van der Waals surface area contributed by atoms with Crippen molar-refractivity contribution in [3.05, 3.63) is 65.2 Å². The fourth-order valence-corrected chi connectivity index (χ4v) is 7.69. The summed E-state index contributed by atoms with van der Waals surface area (Å²) in [6.45, 7) is 1.22. The second kappa shape index (κ2) is 7.99. The van der Waals surface area contributed by atoms with E-state index in [0.717, 1.165) is 42.2 Å². The average molecular weight is 481 g/mol. The Morgan fingerprint density at radius 1 is 1.09 bits per heavy atom. The maximum Gasteiger partial charge on any atom is 0.404 e. The van der Waals surface area contributed by atoms with Crippen LogP contribution in [0.15, 0.2) is 48.5 Å². The van der Waals surface area contributed by atoms with Crippen LogP contribution in [0.2, 0.25) is 0 Å². The molecule has 0 amide bonds. The minimum atomic E-state index is -4.61. The minimum absolute atomic E-state index is 0.0416. The highest BCUT2D eigenvalue weighted by Crippen LogP contribution is 2.51. The van der Waals surface area contributed by atoms with Gasteiger partial charge in [-0.1, -0.05) is 36.4 Å². The van der Waals surface area contributed by atoms with Crippen molar-refractivity contribution in [3.8, 4) is 5.75 Å². The van der Waals surface area contributed by atoms with Crippen molar-refractivity contribution in [2.24, 2.45) is 11.8 Å². The second-order valence-corrected chi connectivity index (χ2v) is 11.1. The molecular formula is C24H27F3N2O3S. The van der Waals surface area contributed by atoms with Crippen LogP contribution in [-0.2, 0) is 29.7 Å². The molecule has 2 aliphatic carbocycles. The van der Waals surface area contributed by atoms with E-state index in [0.29, 0.717) is 23.8 Å². The molecule has 33 heavy (non-hydrogen) atoms. The van der Waals surface area contributed by atoms with E-state index >= 15 is 0 Å². The van der Waals surface area contributed by atoms with Crippen LogP contribution in [0.4, 0.5) is 13.2 Å². The van der Waals surface area contributed by atoms with E-state index in [1.165, 1.54) is 0 Å². The number of hydrogen-bond donors (Lipinski definition) is 1. The highest BCUT2D eigenvalue weighted by Gasteiger charge is 2.62. The van der Waals surface area contributed by atoms with Gasteiger partial charge in [-0.25, -0.2) is 0 Å². The maximum atomic E-state index is 13.4. The molecule has 0 aromatic heterocycles. The van der Waals surface area contributed by atoms with Crippen LogP contribution in [0.25, 0.3) is 0 Å². The van der Waals surface area contributed by atoms with Gasteiger partial charge >= 0.3 is 6.18 Å². The minimum Gasteiger partial charge on any atom is -0.489 e. The summed E-state index contributed by atoms with van der Waals surface area (Å²) in [4.78, 5) is 0. The first-order valence-electron chi connectivity index (χ1n) is 11.2. The van der Waals surface area contributed by atoms with E-state index in [2.05, 4.69) is 4.72 Å². The van der Waals surface area contributed by atoms with Crippen molar-refractivity contribution >= 4 is 10.2 Å². The van der Waals surface area contributed by atoms with Gasteiger partial charge in [0.05, 0.1) is 5.54 Å². The lowest BCUT2D eigenvalue weighted by molar-refractivity contribution is -0.166. The average Bonchev–Trinajstić information content (AvgIpc) is 3.17. The van der Waals surface area contributed by atoms with Crippen LogP contribution in [0.5, 0.6) is 5.75 Å². The third-order valence-corrected chi connectivity index (χ3v) is 9.33.